The molecule has 0 fully saturated rings. The molecule has 0 radical (unpaired) electrons. The number of nitrogens with zero attached hydrogens (tertiary/aromatic N) is 4. The first-order valence-corrected chi connectivity index (χ1v) is 12.1. The molecule has 32 heavy (non-hydrogen) atoms. The topological polar surface area (TPSA) is 127 Å². The van der Waals surface area contributed by atoms with E-state index in [1.54, 1.807) is 12.1 Å². The van der Waals surface area contributed by atoms with Crippen molar-refractivity contribution < 1.29 is 17.9 Å². The van der Waals surface area contributed by atoms with Crippen LogP contribution >= 0.6 is 23.1 Å². The van der Waals surface area contributed by atoms with E-state index in [9.17, 15) is 18.5 Å². The lowest BCUT2D eigenvalue weighted by atomic mass is 10.1. The Labute approximate surface area is 194 Å². The third-order valence-corrected chi connectivity index (χ3v) is 6.38. The number of methoxy groups -OCH3 is 1. The number of amides is 1. The van der Waals surface area contributed by atoms with Gasteiger partial charge in [0.15, 0.2) is 0 Å². The maximum Gasteiger partial charge on any atom is 0.268 e. The number of sulfone groups is 1. The van der Waals surface area contributed by atoms with Crippen molar-refractivity contribution in [2.24, 2.45) is 0 Å². The summed E-state index contributed by atoms with van der Waals surface area (Å²) in [6.07, 6.45) is 2.42. The molecule has 0 unspecified atom stereocenters. The van der Waals surface area contributed by atoms with Crippen LogP contribution in [0.15, 0.2) is 35.0 Å². The van der Waals surface area contributed by atoms with Gasteiger partial charge in [0.1, 0.15) is 17.4 Å². The zero-order chi connectivity index (χ0) is 23.6. The van der Waals surface area contributed by atoms with Crippen molar-refractivity contribution in [1.82, 2.24) is 13.9 Å². The van der Waals surface area contributed by atoms with Crippen LogP contribution in [0.2, 0.25) is 5.02 Å². The second kappa shape index (κ2) is 9.12. The van der Waals surface area contributed by atoms with Crippen LogP contribution in [0.25, 0.3) is 11.8 Å². The molecule has 0 spiro atoms. The third-order valence-electron chi connectivity index (χ3n) is 4.49. The van der Waals surface area contributed by atoms with Gasteiger partial charge >= 0.3 is 0 Å². The van der Waals surface area contributed by atoms with E-state index < -0.39 is 15.7 Å². The molecule has 2 heterocycles. The first kappa shape index (κ1) is 23.5. The summed E-state index contributed by atoms with van der Waals surface area (Å²) in [5.41, 5.74) is 2.95. The van der Waals surface area contributed by atoms with Crippen molar-refractivity contribution in [1.29, 1.82) is 5.26 Å². The number of aromatic nitrogens is 3. The molecule has 0 aliphatic rings. The summed E-state index contributed by atoms with van der Waals surface area (Å²) in [7, 11) is -2.06. The van der Waals surface area contributed by atoms with Crippen LogP contribution in [-0.2, 0) is 14.6 Å². The lowest BCUT2D eigenvalue weighted by Gasteiger charge is -2.12. The largest absolute Gasteiger partial charge is 0.495 e. The Morgan fingerprint density at radius 1 is 1.34 bits per heavy atom. The molecular weight excluding hydrogens is 474 g/mol. The van der Waals surface area contributed by atoms with Gasteiger partial charge < -0.3 is 9.30 Å². The number of halogens is 1. The molecule has 0 bridgehead atoms. The Kier molecular flexibility index (Phi) is 6.68. The van der Waals surface area contributed by atoms with E-state index in [0.29, 0.717) is 27.9 Å². The van der Waals surface area contributed by atoms with Gasteiger partial charge in [-0.1, -0.05) is 11.6 Å². The van der Waals surface area contributed by atoms with Crippen molar-refractivity contribution in [2.75, 3.05) is 18.7 Å². The maximum absolute atomic E-state index is 12.5. The molecule has 0 saturated heterocycles. The fourth-order valence-corrected chi connectivity index (χ4v) is 4.70. The maximum atomic E-state index is 12.5. The van der Waals surface area contributed by atoms with Gasteiger partial charge in [-0.25, -0.2) is 8.42 Å². The quantitative estimate of drug-likeness (QED) is 0.412. The summed E-state index contributed by atoms with van der Waals surface area (Å²) in [6.45, 7) is 3.75. The summed E-state index contributed by atoms with van der Waals surface area (Å²) < 4.78 is 33.8. The summed E-state index contributed by atoms with van der Waals surface area (Å²) in [5, 5.41) is 12.0. The van der Waals surface area contributed by atoms with Crippen molar-refractivity contribution in [3.63, 3.8) is 0 Å². The number of hydrogen-bond donors (Lipinski definition) is 1. The van der Waals surface area contributed by atoms with Gasteiger partial charge in [-0.05, 0) is 49.8 Å². The monoisotopic (exact) mass is 491 g/mol. The summed E-state index contributed by atoms with van der Waals surface area (Å²) in [4.78, 5) is 16.3. The lowest BCUT2D eigenvalue weighted by molar-refractivity contribution is -0.112. The Bertz CT molecular complexity index is 1380. The highest BCUT2D eigenvalue weighted by Crippen LogP contribution is 2.30. The highest BCUT2D eigenvalue weighted by atomic mass is 35.5. The molecule has 0 atom stereocenters. The Morgan fingerprint density at radius 3 is 2.62 bits per heavy atom. The van der Waals surface area contributed by atoms with Gasteiger partial charge in [0.05, 0.1) is 12.1 Å². The third kappa shape index (κ3) is 4.83. The zero-order valence-corrected chi connectivity index (χ0v) is 19.9. The average Bonchev–Trinajstić information content (AvgIpc) is 3.30. The molecule has 0 saturated carbocycles. The van der Waals surface area contributed by atoms with Crippen molar-refractivity contribution in [2.45, 2.75) is 19.0 Å². The summed E-state index contributed by atoms with van der Waals surface area (Å²) in [6, 6.07) is 9.08. The lowest BCUT2D eigenvalue weighted by Crippen LogP contribution is -2.13. The average molecular weight is 492 g/mol. The Hall–Kier alpha value is -3.20. The van der Waals surface area contributed by atoms with Crippen molar-refractivity contribution in [3.05, 3.63) is 51.8 Å². The van der Waals surface area contributed by atoms with Crippen LogP contribution < -0.4 is 10.1 Å². The Balaban J connectivity index is 1.92. The number of hydrogen-bond acceptors (Lipinski definition) is 8. The van der Waals surface area contributed by atoms with Crippen LogP contribution in [0.3, 0.4) is 0 Å². The molecule has 1 amide bonds. The summed E-state index contributed by atoms with van der Waals surface area (Å²) >= 11 is 6.97. The van der Waals surface area contributed by atoms with Crippen LogP contribution in [0.4, 0.5) is 5.13 Å². The smallest absolute Gasteiger partial charge is 0.268 e. The molecule has 0 aliphatic carbocycles. The molecule has 3 rings (SSSR count). The van der Waals surface area contributed by atoms with Gasteiger partial charge in [-0.3, -0.25) is 10.1 Å². The van der Waals surface area contributed by atoms with Gasteiger partial charge in [-0.2, -0.15) is 14.6 Å². The molecular formula is C20H18ClN5O4S2. The van der Waals surface area contributed by atoms with E-state index in [0.717, 1.165) is 23.3 Å². The summed E-state index contributed by atoms with van der Waals surface area (Å²) in [5.74, 6) is -0.168. The number of rotatable bonds is 6. The van der Waals surface area contributed by atoms with E-state index in [1.807, 2.05) is 36.6 Å². The van der Waals surface area contributed by atoms with Gasteiger partial charge in [0, 0.05) is 34.9 Å². The van der Waals surface area contributed by atoms with Crippen molar-refractivity contribution >= 4 is 50.1 Å². The van der Waals surface area contributed by atoms with Crippen LogP contribution in [0, 0.1) is 25.2 Å². The highest BCUT2D eigenvalue weighted by Gasteiger charge is 2.18. The standard InChI is InChI=1S/C20H18ClN5O4S2/c1-11-7-13(12(2)26(11)15-5-6-17(30-3)16(21)9-15)8-14(10-22)18(27)23-19-24-20(25-31-19)32(4,28)29/h5-9H,1-4H3,(H,23,24,25,27). The number of anilines is 1. The molecule has 166 valence electrons. The second-order valence-electron chi connectivity index (χ2n) is 6.76. The number of nitriles is 1. The zero-order valence-electron chi connectivity index (χ0n) is 17.5. The molecule has 3 aromatic rings. The number of carbonyl (C=O) groups is 1. The molecule has 1 N–H and O–H groups in total. The molecule has 9 nitrogen and oxygen atoms in total. The molecule has 2 aromatic heterocycles. The van der Waals surface area contributed by atoms with E-state index in [2.05, 4.69) is 14.7 Å². The molecule has 12 heteroatoms. The fraction of sp³-hybridized carbons (Fsp3) is 0.200. The second-order valence-corrected chi connectivity index (χ2v) is 9.83. The van der Waals surface area contributed by atoms with Crippen LogP contribution in [0.1, 0.15) is 17.0 Å². The van der Waals surface area contributed by atoms with E-state index in [4.69, 9.17) is 16.3 Å². The molecule has 1 aromatic carbocycles. The minimum Gasteiger partial charge on any atom is -0.495 e. The SMILES string of the molecule is COc1ccc(-n2c(C)cc(C=C(C#N)C(=O)Nc3nc(S(C)(=O)=O)ns3)c2C)cc1Cl. The van der Waals surface area contributed by atoms with E-state index in [-0.39, 0.29) is 15.9 Å². The predicted molar refractivity (Wildman–Crippen MR) is 122 cm³/mol. The van der Waals surface area contributed by atoms with E-state index >= 15 is 0 Å². The van der Waals surface area contributed by atoms with Crippen molar-refractivity contribution in [3.8, 4) is 17.5 Å². The minimum absolute atomic E-state index is 0.0186. The van der Waals surface area contributed by atoms with Gasteiger partial charge in [-0.15, -0.1) is 0 Å². The first-order valence-electron chi connectivity index (χ1n) is 9.05. The molecule has 0 aliphatic heterocycles. The first-order chi connectivity index (χ1) is 15.0. The van der Waals surface area contributed by atoms with Gasteiger partial charge in [0.2, 0.25) is 15.0 Å². The van der Waals surface area contributed by atoms with Gasteiger partial charge in [0.25, 0.3) is 11.1 Å². The number of ether oxygens (including phenoxy) is 1. The Morgan fingerprint density at radius 2 is 2.06 bits per heavy atom. The van der Waals surface area contributed by atoms with E-state index in [1.165, 1.54) is 13.2 Å². The number of aryl methyl sites for hydroxylation is 1. The minimum atomic E-state index is -3.60. The predicted octanol–water partition coefficient (Wildman–Crippen LogP) is 3.56. The fourth-order valence-electron chi connectivity index (χ4n) is 3.01. The highest BCUT2D eigenvalue weighted by molar-refractivity contribution is 7.90. The number of benzene rings is 1. The number of nitrogens with one attached hydrogen (secondary N) is 1. The van der Waals surface area contributed by atoms with Crippen LogP contribution in [-0.4, -0.2) is 41.6 Å². The number of carbonyl (C=O) groups excluding carboxylic acids is 1. The normalized spacial score (nSPS) is 11.8. The van der Waals surface area contributed by atoms with Crippen LogP contribution in [0.5, 0.6) is 5.75 Å².